The van der Waals surface area contributed by atoms with Crippen LogP contribution in [0.1, 0.15) is 12.0 Å². The van der Waals surface area contributed by atoms with Crippen LogP contribution in [0, 0.1) is 0 Å². The van der Waals surface area contributed by atoms with E-state index in [4.69, 9.17) is 17.0 Å². The highest BCUT2D eigenvalue weighted by atomic mass is 32.1. The SMILES string of the molecule is CN(C)CC[C@H]1CN(C)C(=S)c2cccnc2O1. The number of ether oxygens (including phenoxy) is 1. The Balaban J connectivity index is 2.17. The summed E-state index contributed by atoms with van der Waals surface area (Å²) in [5.41, 5.74) is 0.919. The van der Waals surface area contributed by atoms with Crippen LogP contribution >= 0.6 is 12.2 Å². The minimum absolute atomic E-state index is 0.131. The van der Waals surface area contributed by atoms with Gasteiger partial charge in [0, 0.05) is 19.8 Å². The smallest absolute Gasteiger partial charge is 0.224 e. The van der Waals surface area contributed by atoms with Crippen molar-refractivity contribution >= 4 is 17.2 Å². The highest BCUT2D eigenvalue weighted by molar-refractivity contribution is 7.80. The minimum Gasteiger partial charge on any atom is -0.472 e. The molecular formula is C13H19N3OS. The summed E-state index contributed by atoms with van der Waals surface area (Å²) in [6.45, 7) is 1.80. The van der Waals surface area contributed by atoms with Crippen molar-refractivity contribution in [2.24, 2.45) is 0 Å². The quantitative estimate of drug-likeness (QED) is 0.771. The average Bonchev–Trinajstić information content (AvgIpc) is 2.46. The molecule has 1 aromatic heterocycles. The molecule has 0 aliphatic carbocycles. The molecule has 0 N–H and O–H groups in total. The Morgan fingerprint density at radius 2 is 2.33 bits per heavy atom. The molecule has 0 amide bonds. The van der Waals surface area contributed by atoms with Gasteiger partial charge in [0.05, 0.1) is 12.1 Å². The Morgan fingerprint density at radius 3 is 3.06 bits per heavy atom. The van der Waals surface area contributed by atoms with Crippen molar-refractivity contribution in [3.05, 3.63) is 23.9 Å². The van der Waals surface area contributed by atoms with Crippen molar-refractivity contribution in [3.8, 4) is 5.88 Å². The average molecular weight is 265 g/mol. The van der Waals surface area contributed by atoms with Crippen molar-refractivity contribution in [2.75, 3.05) is 34.2 Å². The lowest BCUT2D eigenvalue weighted by molar-refractivity contribution is 0.154. The molecule has 1 aliphatic rings. The molecule has 0 bridgehead atoms. The summed E-state index contributed by atoms with van der Waals surface area (Å²) in [5.74, 6) is 0.663. The van der Waals surface area contributed by atoms with E-state index in [9.17, 15) is 0 Å². The molecule has 0 unspecified atom stereocenters. The van der Waals surface area contributed by atoms with E-state index < -0.39 is 0 Å². The summed E-state index contributed by atoms with van der Waals surface area (Å²) >= 11 is 5.45. The Labute approximate surface area is 114 Å². The van der Waals surface area contributed by atoms with Gasteiger partial charge in [0.1, 0.15) is 11.1 Å². The highest BCUT2D eigenvalue weighted by Crippen LogP contribution is 2.23. The first kappa shape index (κ1) is 13.2. The number of nitrogens with zero attached hydrogens (tertiary/aromatic N) is 3. The van der Waals surface area contributed by atoms with Crippen LogP contribution in [-0.2, 0) is 0 Å². The topological polar surface area (TPSA) is 28.6 Å². The van der Waals surface area contributed by atoms with Gasteiger partial charge in [-0.15, -0.1) is 0 Å². The predicted molar refractivity (Wildman–Crippen MR) is 76.2 cm³/mol. The second-order valence-corrected chi connectivity index (χ2v) is 5.26. The molecule has 1 atom stereocenters. The van der Waals surface area contributed by atoms with Crippen molar-refractivity contribution in [1.82, 2.24) is 14.8 Å². The van der Waals surface area contributed by atoms with Gasteiger partial charge in [-0.25, -0.2) is 4.98 Å². The molecule has 0 fully saturated rings. The molecule has 2 rings (SSSR count). The number of rotatable bonds is 3. The third kappa shape index (κ3) is 2.97. The molecule has 98 valence electrons. The molecule has 0 radical (unpaired) electrons. The minimum atomic E-state index is 0.131. The van der Waals surface area contributed by atoms with Gasteiger partial charge in [-0.1, -0.05) is 12.2 Å². The second kappa shape index (κ2) is 5.63. The van der Waals surface area contributed by atoms with Crippen LogP contribution in [0.5, 0.6) is 5.88 Å². The zero-order valence-corrected chi connectivity index (χ0v) is 11.9. The zero-order valence-electron chi connectivity index (χ0n) is 11.1. The van der Waals surface area contributed by atoms with E-state index in [0.717, 1.165) is 30.1 Å². The predicted octanol–water partition coefficient (Wildman–Crippen LogP) is 1.40. The zero-order chi connectivity index (χ0) is 13.1. The van der Waals surface area contributed by atoms with E-state index in [1.165, 1.54) is 0 Å². The Kier molecular flexibility index (Phi) is 4.14. The highest BCUT2D eigenvalue weighted by Gasteiger charge is 2.24. The Bertz CT molecular complexity index is 436. The number of hydrogen-bond donors (Lipinski definition) is 0. The summed E-state index contributed by atoms with van der Waals surface area (Å²) < 4.78 is 5.98. The van der Waals surface area contributed by atoms with Crippen molar-refractivity contribution in [2.45, 2.75) is 12.5 Å². The van der Waals surface area contributed by atoms with Crippen LogP contribution in [0.25, 0.3) is 0 Å². The second-order valence-electron chi connectivity index (χ2n) is 4.87. The van der Waals surface area contributed by atoms with E-state index in [2.05, 4.69) is 28.9 Å². The number of fused-ring (bicyclic) bond motifs is 1. The standard InChI is InChI=1S/C13H19N3OS/c1-15(2)8-6-10-9-16(3)13(18)11-5-4-7-14-12(11)17-10/h4-5,7,10H,6,8-9H2,1-3H3/t10-/m0/s1. The molecule has 0 saturated heterocycles. The first-order valence-corrected chi connectivity index (χ1v) is 6.50. The first-order valence-electron chi connectivity index (χ1n) is 6.10. The fraction of sp³-hybridized carbons (Fsp3) is 0.538. The summed E-state index contributed by atoms with van der Waals surface area (Å²) in [5, 5.41) is 0. The number of aromatic nitrogens is 1. The van der Waals surface area contributed by atoms with Crippen LogP contribution in [0.3, 0.4) is 0 Å². The molecule has 2 heterocycles. The molecule has 5 heteroatoms. The lowest BCUT2D eigenvalue weighted by Crippen LogP contribution is -2.35. The van der Waals surface area contributed by atoms with Gasteiger partial charge < -0.3 is 14.5 Å². The molecule has 1 aromatic rings. The third-order valence-corrected chi connectivity index (χ3v) is 3.53. The molecule has 4 nitrogen and oxygen atoms in total. The van der Waals surface area contributed by atoms with Crippen LogP contribution in [0.2, 0.25) is 0 Å². The van der Waals surface area contributed by atoms with Crippen molar-refractivity contribution in [1.29, 1.82) is 0 Å². The van der Waals surface area contributed by atoms with Gasteiger partial charge in [-0.2, -0.15) is 0 Å². The monoisotopic (exact) mass is 265 g/mol. The summed E-state index contributed by atoms with van der Waals surface area (Å²) in [6, 6.07) is 3.86. The Hall–Kier alpha value is -1.20. The summed E-state index contributed by atoms with van der Waals surface area (Å²) in [6.07, 6.45) is 2.85. The molecule has 1 aliphatic heterocycles. The van der Waals surface area contributed by atoms with Gasteiger partial charge in [0.2, 0.25) is 5.88 Å². The number of thiocarbonyl (C=S) groups is 1. The molecular weight excluding hydrogens is 246 g/mol. The van der Waals surface area contributed by atoms with Crippen LogP contribution in [-0.4, -0.2) is 60.1 Å². The number of pyridine rings is 1. The van der Waals surface area contributed by atoms with Crippen LogP contribution < -0.4 is 4.74 Å². The molecule has 18 heavy (non-hydrogen) atoms. The van der Waals surface area contributed by atoms with Crippen molar-refractivity contribution < 1.29 is 4.74 Å². The first-order chi connectivity index (χ1) is 8.58. The normalized spacial score (nSPS) is 19.4. The van der Waals surface area contributed by atoms with Gasteiger partial charge in [0.15, 0.2) is 0 Å². The van der Waals surface area contributed by atoms with Gasteiger partial charge in [0.25, 0.3) is 0 Å². The van der Waals surface area contributed by atoms with Gasteiger partial charge in [-0.3, -0.25) is 0 Å². The van der Waals surface area contributed by atoms with Crippen molar-refractivity contribution in [3.63, 3.8) is 0 Å². The molecule has 0 saturated carbocycles. The van der Waals surface area contributed by atoms with Crippen LogP contribution in [0.4, 0.5) is 0 Å². The fourth-order valence-corrected chi connectivity index (χ4v) is 2.22. The number of hydrogen-bond acceptors (Lipinski definition) is 4. The van der Waals surface area contributed by atoms with E-state index in [1.807, 2.05) is 19.2 Å². The maximum absolute atomic E-state index is 5.98. The van der Waals surface area contributed by atoms with Crippen LogP contribution in [0.15, 0.2) is 18.3 Å². The van der Waals surface area contributed by atoms with E-state index in [-0.39, 0.29) is 6.10 Å². The largest absolute Gasteiger partial charge is 0.472 e. The maximum Gasteiger partial charge on any atom is 0.224 e. The summed E-state index contributed by atoms with van der Waals surface area (Å²) in [4.78, 5) is 9.33. The molecule has 0 spiro atoms. The van der Waals surface area contributed by atoms with E-state index >= 15 is 0 Å². The van der Waals surface area contributed by atoms with Gasteiger partial charge in [-0.05, 0) is 32.6 Å². The van der Waals surface area contributed by atoms with E-state index in [0.29, 0.717) is 5.88 Å². The number of likely N-dealkylation sites (N-methyl/N-ethyl adjacent to an activating group) is 1. The fourth-order valence-electron chi connectivity index (χ4n) is 1.99. The van der Waals surface area contributed by atoms with E-state index in [1.54, 1.807) is 6.20 Å². The van der Waals surface area contributed by atoms with Gasteiger partial charge >= 0.3 is 0 Å². The third-order valence-electron chi connectivity index (χ3n) is 3.00. The maximum atomic E-state index is 5.98. The Morgan fingerprint density at radius 1 is 1.56 bits per heavy atom. The lowest BCUT2D eigenvalue weighted by Gasteiger charge is -2.22. The summed E-state index contributed by atoms with van der Waals surface area (Å²) in [7, 11) is 6.14. The lowest BCUT2D eigenvalue weighted by atomic mass is 10.2. The molecule has 0 aromatic carbocycles.